The van der Waals surface area contributed by atoms with Crippen LogP contribution < -0.4 is 5.32 Å². The Labute approximate surface area is 165 Å². The molecule has 1 atom stereocenters. The maximum Gasteiger partial charge on any atom is 0.331 e. The van der Waals surface area contributed by atoms with Crippen LogP contribution in [0.2, 0.25) is 0 Å². The van der Waals surface area contributed by atoms with E-state index in [2.05, 4.69) is 21.2 Å². The van der Waals surface area contributed by atoms with Crippen molar-refractivity contribution >= 4 is 44.7 Å². The Bertz CT molecular complexity index is 987. The molecule has 5 nitrogen and oxygen atoms in total. The number of carbonyl (C=O) groups is 2. The van der Waals surface area contributed by atoms with Crippen LogP contribution in [0.25, 0.3) is 16.8 Å². The highest BCUT2D eigenvalue weighted by molar-refractivity contribution is 9.10. The molecular weight excluding hydrogens is 410 g/mol. The number of rotatable bonds is 6. The summed E-state index contributed by atoms with van der Waals surface area (Å²) in [4.78, 5) is 23.8. The first-order chi connectivity index (χ1) is 13.0. The number of halogens is 1. The van der Waals surface area contributed by atoms with Gasteiger partial charge in [0.15, 0.2) is 11.3 Å². The van der Waals surface area contributed by atoms with Gasteiger partial charge in [-0.05, 0) is 57.4 Å². The third-order valence-electron chi connectivity index (χ3n) is 3.99. The molecule has 0 radical (unpaired) electrons. The van der Waals surface area contributed by atoms with Gasteiger partial charge in [-0.3, -0.25) is 4.79 Å². The highest BCUT2D eigenvalue weighted by atomic mass is 79.9. The standard InChI is InChI=1S/C21H18BrNO4/c1-14(17-8-4-6-15-5-2-3-7-18(15)17)23-20(24)13-26-21(25)12-10-16-9-11-19(22)27-16/h2-12,14H,13H2,1H3,(H,23,24)/b12-10+. The maximum atomic E-state index is 12.1. The number of fused-ring (bicyclic) bond motifs is 1. The number of amides is 1. The monoisotopic (exact) mass is 427 g/mol. The Morgan fingerprint density at radius 1 is 1.15 bits per heavy atom. The molecule has 0 bridgehead atoms. The van der Waals surface area contributed by atoms with Crippen molar-refractivity contribution in [1.82, 2.24) is 5.32 Å². The third-order valence-corrected chi connectivity index (χ3v) is 4.42. The first-order valence-electron chi connectivity index (χ1n) is 8.40. The molecule has 0 saturated carbocycles. The van der Waals surface area contributed by atoms with Gasteiger partial charge in [0.25, 0.3) is 5.91 Å². The fourth-order valence-electron chi connectivity index (χ4n) is 2.74. The molecule has 0 aliphatic rings. The molecule has 0 aliphatic carbocycles. The van der Waals surface area contributed by atoms with E-state index in [4.69, 9.17) is 9.15 Å². The van der Waals surface area contributed by atoms with Gasteiger partial charge in [0.05, 0.1) is 6.04 Å². The summed E-state index contributed by atoms with van der Waals surface area (Å²) >= 11 is 3.18. The Morgan fingerprint density at radius 3 is 2.70 bits per heavy atom. The lowest BCUT2D eigenvalue weighted by molar-refractivity contribution is -0.144. The Hall–Kier alpha value is -2.86. The van der Waals surface area contributed by atoms with E-state index in [9.17, 15) is 9.59 Å². The van der Waals surface area contributed by atoms with Gasteiger partial charge in [-0.2, -0.15) is 0 Å². The van der Waals surface area contributed by atoms with Gasteiger partial charge in [0.2, 0.25) is 0 Å². The highest BCUT2D eigenvalue weighted by Crippen LogP contribution is 2.23. The minimum atomic E-state index is -0.615. The van der Waals surface area contributed by atoms with Crippen LogP contribution >= 0.6 is 15.9 Å². The molecule has 1 N–H and O–H groups in total. The van der Waals surface area contributed by atoms with Crippen molar-refractivity contribution in [2.24, 2.45) is 0 Å². The molecule has 138 valence electrons. The van der Waals surface area contributed by atoms with E-state index in [1.54, 1.807) is 12.1 Å². The van der Waals surface area contributed by atoms with Gasteiger partial charge in [-0.15, -0.1) is 0 Å². The zero-order valence-corrected chi connectivity index (χ0v) is 16.2. The van der Waals surface area contributed by atoms with Crippen molar-refractivity contribution in [3.63, 3.8) is 0 Å². The lowest BCUT2D eigenvalue weighted by Gasteiger charge is -2.16. The molecule has 2 aromatic carbocycles. The van der Waals surface area contributed by atoms with E-state index in [0.29, 0.717) is 10.4 Å². The second-order valence-corrected chi connectivity index (χ2v) is 6.72. The predicted molar refractivity (Wildman–Crippen MR) is 107 cm³/mol. The van der Waals surface area contributed by atoms with Gasteiger partial charge in [0.1, 0.15) is 5.76 Å². The van der Waals surface area contributed by atoms with Crippen LogP contribution in [0.3, 0.4) is 0 Å². The van der Waals surface area contributed by atoms with Gasteiger partial charge in [0, 0.05) is 6.08 Å². The van der Waals surface area contributed by atoms with E-state index in [-0.39, 0.29) is 18.6 Å². The molecule has 0 aliphatic heterocycles. The number of benzene rings is 2. The second kappa shape index (κ2) is 8.68. The van der Waals surface area contributed by atoms with Crippen molar-refractivity contribution in [1.29, 1.82) is 0 Å². The summed E-state index contributed by atoms with van der Waals surface area (Å²) in [6, 6.07) is 17.2. The van der Waals surface area contributed by atoms with Crippen molar-refractivity contribution in [2.45, 2.75) is 13.0 Å². The number of hydrogen-bond donors (Lipinski definition) is 1. The molecule has 1 aromatic heterocycles. The number of ether oxygens (including phenoxy) is 1. The zero-order chi connectivity index (χ0) is 19.2. The van der Waals surface area contributed by atoms with Gasteiger partial charge in [-0.25, -0.2) is 4.79 Å². The molecule has 0 spiro atoms. The Kier molecular flexibility index (Phi) is 6.08. The second-order valence-electron chi connectivity index (χ2n) is 5.94. The molecule has 3 rings (SSSR count). The summed E-state index contributed by atoms with van der Waals surface area (Å²) in [5.41, 5.74) is 1.01. The highest BCUT2D eigenvalue weighted by Gasteiger charge is 2.13. The first-order valence-corrected chi connectivity index (χ1v) is 9.19. The lowest BCUT2D eigenvalue weighted by Crippen LogP contribution is -2.31. The van der Waals surface area contributed by atoms with Crippen LogP contribution in [-0.4, -0.2) is 18.5 Å². The van der Waals surface area contributed by atoms with E-state index in [1.165, 1.54) is 12.2 Å². The van der Waals surface area contributed by atoms with Crippen molar-refractivity contribution in [3.8, 4) is 0 Å². The summed E-state index contributed by atoms with van der Waals surface area (Å²) in [5.74, 6) is -0.471. The molecule has 0 saturated heterocycles. The quantitative estimate of drug-likeness (QED) is 0.459. The van der Waals surface area contributed by atoms with E-state index >= 15 is 0 Å². The van der Waals surface area contributed by atoms with Gasteiger partial charge < -0.3 is 14.5 Å². The Morgan fingerprint density at radius 2 is 1.93 bits per heavy atom. The molecule has 6 heteroatoms. The molecule has 1 amide bonds. The number of hydrogen-bond acceptors (Lipinski definition) is 4. The number of esters is 1. The van der Waals surface area contributed by atoms with E-state index < -0.39 is 5.97 Å². The molecule has 1 unspecified atom stereocenters. The number of nitrogens with one attached hydrogen (secondary N) is 1. The molecular formula is C21H18BrNO4. The van der Waals surface area contributed by atoms with Crippen LogP contribution in [-0.2, 0) is 14.3 Å². The largest absolute Gasteiger partial charge is 0.452 e. The molecule has 27 heavy (non-hydrogen) atoms. The lowest BCUT2D eigenvalue weighted by atomic mass is 10.00. The normalized spacial score (nSPS) is 12.2. The van der Waals surface area contributed by atoms with Crippen LogP contribution in [0.15, 0.2) is 69.8 Å². The summed E-state index contributed by atoms with van der Waals surface area (Å²) < 4.78 is 10.8. The van der Waals surface area contributed by atoms with Crippen LogP contribution in [0.5, 0.6) is 0 Å². The average Bonchev–Trinajstić information content (AvgIpc) is 3.09. The number of carbonyl (C=O) groups excluding carboxylic acids is 2. The smallest absolute Gasteiger partial charge is 0.331 e. The SMILES string of the molecule is CC(NC(=O)COC(=O)/C=C/c1ccc(Br)o1)c1cccc2ccccc12. The van der Waals surface area contributed by atoms with E-state index in [0.717, 1.165) is 16.3 Å². The zero-order valence-electron chi connectivity index (χ0n) is 14.6. The number of furan rings is 1. The summed E-state index contributed by atoms with van der Waals surface area (Å²) in [7, 11) is 0. The fourth-order valence-corrected chi connectivity index (χ4v) is 3.06. The first kappa shape index (κ1) is 18.9. The van der Waals surface area contributed by atoms with Crippen LogP contribution in [0.4, 0.5) is 0 Å². The van der Waals surface area contributed by atoms with Crippen molar-refractivity contribution < 1.29 is 18.7 Å². The van der Waals surface area contributed by atoms with Gasteiger partial charge in [-0.1, -0.05) is 42.5 Å². The van der Waals surface area contributed by atoms with Crippen molar-refractivity contribution in [2.75, 3.05) is 6.61 Å². The van der Waals surface area contributed by atoms with E-state index in [1.807, 2.05) is 49.4 Å². The molecule has 3 aromatic rings. The summed E-state index contributed by atoms with van der Waals surface area (Å²) in [5, 5.41) is 5.05. The molecule has 1 heterocycles. The maximum absolute atomic E-state index is 12.1. The average molecular weight is 428 g/mol. The van der Waals surface area contributed by atoms with Crippen LogP contribution in [0, 0.1) is 0 Å². The fraction of sp³-hybridized carbons (Fsp3) is 0.143. The predicted octanol–water partition coefficient (Wildman–Crippen LogP) is 4.63. The summed E-state index contributed by atoms with van der Waals surface area (Å²) in [6.45, 7) is 1.55. The minimum absolute atomic E-state index is 0.210. The third kappa shape index (κ3) is 5.08. The Balaban J connectivity index is 1.54. The van der Waals surface area contributed by atoms with Crippen molar-refractivity contribution in [3.05, 3.63) is 76.7 Å². The van der Waals surface area contributed by atoms with Crippen LogP contribution in [0.1, 0.15) is 24.3 Å². The molecule has 0 fully saturated rings. The topological polar surface area (TPSA) is 68.5 Å². The minimum Gasteiger partial charge on any atom is -0.452 e. The summed E-state index contributed by atoms with van der Waals surface area (Å²) in [6.07, 6.45) is 2.69. The van der Waals surface area contributed by atoms with Gasteiger partial charge >= 0.3 is 5.97 Å².